The summed E-state index contributed by atoms with van der Waals surface area (Å²) < 4.78 is 5.83. The van der Waals surface area contributed by atoms with Crippen LogP contribution in [0.15, 0.2) is 35.1 Å². The number of benzene rings is 1. The van der Waals surface area contributed by atoms with Gasteiger partial charge in [0.25, 0.3) is 6.01 Å². The highest BCUT2D eigenvalue weighted by molar-refractivity contribution is 6.31. The fourth-order valence-electron chi connectivity index (χ4n) is 3.27. The van der Waals surface area contributed by atoms with Crippen molar-refractivity contribution in [1.82, 2.24) is 20.3 Å². The lowest BCUT2D eigenvalue weighted by Crippen LogP contribution is -2.43. The van der Waals surface area contributed by atoms with E-state index in [1.807, 2.05) is 11.0 Å². The number of nitrogens with zero attached hydrogens (tertiary/aromatic N) is 3. The molecule has 1 fully saturated rings. The van der Waals surface area contributed by atoms with Gasteiger partial charge in [0.05, 0.1) is 12.2 Å². The quantitative estimate of drug-likeness (QED) is 0.718. The van der Waals surface area contributed by atoms with E-state index in [9.17, 15) is 4.79 Å². The first-order chi connectivity index (χ1) is 12.7. The summed E-state index contributed by atoms with van der Waals surface area (Å²) in [5, 5.41) is 3.64. The maximum atomic E-state index is 12.5. The Hall–Kier alpha value is -2.54. The number of H-pyrrole nitrogens is 1. The first-order valence-corrected chi connectivity index (χ1v) is 9.13. The van der Waals surface area contributed by atoms with E-state index >= 15 is 0 Å². The van der Waals surface area contributed by atoms with Gasteiger partial charge in [0, 0.05) is 43.0 Å². The molecule has 136 valence electrons. The van der Waals surface area contributed by atoms with Gasteiger partial charge in [-0.25, -0.2) is 4.98 Å². The largest absolute Gasteiger partial charge is 0.423 e. The van der Waals surface area contributed by atoms with E-state index in [1.165, 1.54) is 0 Å². The number of nitrogens with one attached hydrogen (secondary N) is 2. The summed E-state index contributed by atoms with van der Waals surface area (Å²) in [5.74, 6) is 0.0116. The summed E-state index contributed by atoms with van der Waals surface area (Å²) in [7, 11) is 0. The van der Waals surface area contributed by atoms with Gasteiger partial charge in [0.2, 0.25) is 5.91 Å². The number of aromatic amines is 1. The molecule has 1 aliphatic heterocycles. The van der Waals surface area contributed by atoms with Crippen molar-refractivity contribution in [3.63, 3.8) is 0 Å². The van der Waals surface area contributed by atoms with Crippen LogP contribution in [0.2, 0.25) is 5.02 Å². The Morgan fingerprint density at radius 2 is 2.38 bits per heavy atom. The number of aromatic nitrogens is 3. The van der Waals surface area contributed by atoms with Crippen molar-refractivity contribution in [2.75, 3.05) is 24.5 Å². The third-order valence-electron chi connectivity index (χ3n) is 4.65. The highest BCUT2D eigenvalue weighted by atomic mass is 35.5. The zero-order valence-electron chi connectivity index (χ0n) is 14.2. The lowest BCUT2D eigenvalue weighted by atomic mass is 9.97. The van der Waals surface area contributed by atoms with E-state index in [1.54, 1.807) is 24.7 Å². The van der Waals surface area contributed by atoms with Crippen LogP contribution in [-0.4, -0.2) is 40.5 Å². The van der Waals surface area contributed by atoms with Gasteiger partial charge in [-0.05, 0) is 31.0 Å². The average molecular weight is 374 g/mol. The van der Waals surface area contributed by atoms with Crippen molar-refractivity contribution < 1.29 is 9.21 Å². The molecule has 1 amide bonds. The molecule has 2 aromatic heterocycles. The van der Waals surface area contributed by atoms with Crippen molar-refractivity contribution in [1.29, 1.82) is 0 Å². The number of oxazole rings is 1. The molecule has 4 rings (SSSR count). The number of piperidine rings is 1. The van der Waals surface area contributed by atoms with Gasteiger partial charge in [-0.15, -0.1) is 0 Å². The lowest BCUT2D eigenvalue weighted by molar-refractivity contribution is -0.125. The summed E-state index contributed by atoms with van der Waals surface area (Å²) in [5.41, 5.74) is 2.45. The van der Waals surface area contributed by atoms with Crippen molar-refractivity contribution in [3.05, 3.63) is 41.4 Å². The molecule has 1 atom stereocenters. The monoisotopic (exact) mass is 373 g/mol. The molecule has 1 unspecified atom stereocenters. The van der Waals surface area contributed by atoms with Crippen LogP contribution in [-0.2, 0) is 11.2 Å². The fraction of sp³-hybridized carbons (Fsp3) is 0.389. The van der Waals surface area contributed by atoms with Gasteiger partial charge < -0.3 is 19.6 Å². The molecule has 1 aromatic carbocycles. The van der Waals surface area contributed by atoms with Gasteiger partial charge in [-0.3, -0.25) is 4.79 Å². The van der Waals surface area contributed by atoms with Crippen LogP contribution in [0.5, 0.6) is 0 Å². The van der Waals surface area contributed by atoms with E-state index in [2.05, 4.69) is 20.3 Å². The minimum atomic E-state index is -0.0656. The normalized spacial score (nSPS) is 17.6. The van der Waals surface area contributed by atoms with Crippen LogP contribution in [0.1, 0.15) is 18.5 Å². The molecule has 8 heteroatoms. The Balaban J connectivity index is 1.37. The Kier molecular flexibility index (Phi) is 4.79. The van der Waals surface area contributed by atoms with E-state index in [0.717, 1.165) is 37.0 Å². The van der Waals surface area contributed by atoms with Crippen molar-refractivity contribution >= 4 is 34.6 Å². The molecular formula is C18H20ClN5O2. The van der Waals surface area contributed by atoms with E-state index in [-0.39, 0.29) is 11.8 Å². The fourth-order valence-corrected chi connectivity index (χ4v) is 3.44. The van der Waals surface area contributed by atoms with Crippen LogP contribution in [0.25, 0.3) is 11.1 Å². The molecule has 1 saturated heterocycles. The highest BCUT2D eigenvalue weighted by Gasteiger charge is 2.28. The van der Waals surface area contributed by atoms with Crippen LogP contribution < -0.4 is 10.2 Å². The average Bonchev–Trinajstić information content (AvgIpc) is 3.31. The molecular weight excluding hydrogens is 354 g/mol. The molecule has 7 nitrogen and oxygen atoms in total. The van der Waals surface area contributed by atoms with Crippen molar-refractivity contribution in [3.8, 4) is 0 Å². The molecule has 0 spiro atoms. The molecule has 1 aliphatic rings. The second-order valence-electron chi connectivity index (χ2n) is 6.51. The number of amides is 1. The first kappa shape index (κ1) is 16.9. The van der Waals surface area contributed by atoms with Crippen LogP contribution in [0, 0.1) is 5.92 Å². The Bertz CT molecular complexity index is 892. The number of fused-ring (bicyclic) bond motifs is 1. The zero-order chi connectivity index (χ0) is 17.9. The summed E-state index contributed by atoms with van der Waals surface area (Å²) in [6.07, 6.45) is 5.96. The van der Waals surface area contributed by atoms with Crippen LogP contribution >= 0.6 is 11.6 Å². The van der Waals surface area contributed by atoms with Crippen molar-refractivity contribution in [2.45, 2.75) is 19.3 Å². The number of imidazole rings is 1. The predicted molar refractivity (Wildman–Crippen MR) is 99.3 cm³/mol. The number of hydrogen-bond donors (Lipinski definition) is 2. The van der Waals surface area contributed by atoms with Crippen molar-refractivity contribution in [2.24, 2.45) is 5.92 Å². The summed E-state index contributed by atoms with van der Waals surface area (Å²) in [6.45, 7) is 2.04. The maximum absolute atomic E-state index is 12.5. The third kappa shape index (κ3) is 3.67. The third-order valence-corrected chi connectivity index (χ3v) is 4.88. The van der Waals surface area contributed by atoms with E-state index < -0.39 is 0 Å². The standard InChI is InChI=1S/C18H20ClN5O2/c19-13-3-4-16-15(8-13)23-18(26-16)24-7-1-2-12(10-24)17(25)21-6-5-14-9-20-11-22-14/h3-4,8-9,11-12H,1-2,5-7,10H2,(H,20,22)(H,21,25). The SMILES string of the molecule is O=C(NCCc1cnc[nH]1)C1CCCN(c2nc3cc(Cl)ccc3o2)C1. The van der Waals surface area contributed by atoms with E-state index in [0.29, 0.717) is 29.7 Å². The minimum absolute atomic E-state index is 0.0656. The summed E-state index contributed by atoms with van der Waals surface area (Å²) in [4.78, 5) is 26.1. The second kappa shape index (κ2) is 7.37. The number of rotatable bonds is 5. The first-order valence-electron chi connectivity index (χ1n) is 8.75. The van der Waals surface area contributed by atoms with Crippen LogP contribution in [0.3, 0.4) is 0 Å². The minimum Gasteiger partial charge on any atom is -0.423 e. The molecule has 0 radical (unpaired) electrons. The Morgan fingerprint density at radius 3 is 3.23 bits per heavy atom. The summed E-state index contributed by atoms with van der Waals surface area (Å²) in [6, 6.07) is 5.94. The molecule has 0 bridgehead atoms. The Labute approximate surface area is 155 Å². The number of halogens is 1. The van der Waals surface area contributed by atoms with Crippen LogP contribution in [0.4, 0.5) is 6.01 Å². The van der Waals surface area contributed by atoms with Gasteiger partial charge >= 0.3 is 0 Å². The number of carbonyl (C=O) groups excluding carboxylic acids is 1. The molecule has 0 aliphatic carbocycles. The van der Waals surface area contributed by atoms with Gasteiger partial charge in [-0.2, -0.15) is 4.98 Å². The number of anilines is 1. The second-order valence-corrected chi connectivity index (χ2v) is 6.95. The predicted octanol–water partition coefficient (Wildman–Crippen LogP) is 2.78. The van der Waals surface area contributed by atoms with Gasteiger partial charge in [-0.1, -0.05) is 11.6 Å². The Morgan fingerprint density at radius 1 is 1.46 bits per heavy atom. The number of hydrogen-bond acceptors (Lipinski definition) is 5. The maximum Gasteiger partial charge on any atom is 0.298 e. The topological polar surface area (TPSA) is 87.0 Å². The molecule has 2 N–H and O–H groups in total. The van der Waals surface area contributed by atoms with Gasteiger partial charge in [0.15, 0.2) is 5.58 Å². The summed E-state index contributed by atoms with van der Waals surface area (Å²) >= 11 is 6.01. The van der Waals surface area contributed by atoms with Gasteiger partial charge in [0.1, 0.15) is 5.52 Å². The number of carbonyl (C=O) groups is 1. The highest BCUT2D eigenvalue weighted by Crippen LogP contribution is 2.27. The molecule has 3 aromatic rings. The van der Waals surface area contributed by atoms with E-state index in [4.69, 9.17) is 16.0 Å². The molecule has 26 heavy (non-hydrogen) atoms. The smallest absolute Gasteiger partial charge is 0.298 e. The lowest BCUT2D eigenvalue weighted by Gasteiger charge is -2.30. The molecule has 0 saturated carbocycles. The zero-order valence-corrected chi connectivity index (χ0v) is 15.0. The molecule has 3 heterocycles.